The SMILES string of the molecule is Cc1ccc(-c2nnn(CC(=O)OCC(=O)NCc3ccc(N(C)C)cc3)n2)cc1. The molecule has 0 radical (unpaired) electrons. The number of benzene rings is 2. The molecule has 3 aromatic rings. The number of hydrogen-bond donors (Lipinski definition) is 1. The van der Waals surface area contributed by atoms with Crippen molar-refractivity contribution in [1.29, 1.82) is 0 Å². The zero-order valence-corrected chi connectivity index (χ0v) is 17.2. The molecule has 0 atom stereocenters. The summed E-state index contributed by atoms with van der Waals surface area (Å²) in [5.74, 6) is -0.582. The van der Waals surface area contributed by atoms with Crippen LogP contribution in [0.4, 0.5) is 5.69 Å². The van der Waals surface area contributed by atoms with Gasteiger partial charge in [0.1, 0.15) is 0 Å². The molecule has 156 valence electrons. The van der Waals surface area contributed by atoms with Gasteiger partial charge in [0.25, 0.3) is 5.91 Å². The topological polar surface area (TPSA) is 102 Å². The van der Waals surface area contributed by atoms with Gasteiger partial charge in [0.05, 0.1) is 0 Å². The summed E-state index contributed by atoms with van der Waals surface area (Å²) in [6.07, 6.45) is 0. The lowest BCUT2D eigenvalue weighted by Gasteiger charge is -2.13. The molecule has 1 aromatic heterocycles. The summed E-state index contributed by atoms with van der Waals surface area (Å²) in [6.45, 7) is 1.75. The molecule has 0 saturated heterocycles. The summed E-state index contributed by atoms with van der Waals surface area (Å²) in [6, 6.07) is 15.5. The average molecular weight is 408 g/mol. The molecule has 9 nitrogen and oxygen atoms in total. The summed E-state index contributed by atoms with van der Waals surface area (Å²) >= 11 is 0. The van der Waals surface area contributed by atoms with E-state index in [0.717, 1.165) is 27.2 Å². The monoisotopic (exact) mass is 408 g/mol. The third kappa shape index (κ3) is 5.87. The van der Waals surface area contributed by atoms with Crippen LogP contribution in [0.15, 0.2) is 48.5 Å². The number of aryl methyl sites for hydroxylation is 1. The predicted octanol–water partition coefficient (Wildman–Crippen LogP) is 1.57. The van der Waals surface area contributed by atoms with E-state index >= 15 is 0 Å². The van der Waals surface area contributed by atoms with Crippen LogP contribution in [-0.4, -0.2) is 52.8 Å². The molecule has 0 aliphatic carbocycles. The number of ether oxygens (including phenoxy) is 1. The minimum atomic E-state index is -0.617. The van der Waals surface area contributed by atoms with Gasteiger partial charge >= 0.3 is 5.97 Å². The highest BCUT2D eigenvalue weighted by Crippen LogP contribution is 2.14. The second-order valence-electron chi connectivity index (χ2n) is 7.01. The quantitative estimate of drug-likeness (QED) is 0.565. The van der Waals surface area contributed by atoms with Gasteiger partial charge < -0.3 is 15.0 Å². The number of nitrogens with zero attached hydrogens (tertiary/aromatic N) is 5. The number of nitrogens with one attached hydrogen (secondary N) is 1. The Hall–Kier alpha value is -3.75. The first-order valence-corrected chi connectivity index (χ1v) is 9.44. The lowest BCUT2D eigenvalue weighted by molar-refractivity contribution is -0.149. The molecular weight excluding hydrogens is 384 g/mol. The summed E-state index contributed by atoms with van der Waals surface area (Å²) in [4.78, 5) is 27.0. The van der Waals surface area contributed by atoms with Crippen molar-refractivity contribution < 1.29 is 14.3 Å². The molecule has 9 heteroatoms. The Kier molecular flexibility index (Phi) is 6.74. The summed E-state index contributed by atoms with van der Waals surface area (Å²) in [5.41, 5.74) is 3.96. The van der Waals surface area contributed by atoms with Crippen molar-refractivity contribution in [2.45, 2.75) is 20.0 Å². The van der Waals surface area contributed by atoms with Crippen molar-refractivity contribution in [2.24, 2.45) is 0 Å². The third-order valence-corrected chi connectivity index (χ3v) is 4.34. The number of amides is 1. The Morgan fingerprint density at radius 1 is 1.07 bits per heavy atom. The number of tetrazole rings is 1. The molecule has 0 bridgehead atoms. The van der Waals surface area contributed by atoms with Gasteiger partial charge in [0.2, 0.25) is 5.82 Å². The van der Waals surface area contributed by atoms with Crippen molar-refractivity contribution in [3.8, 4) is 11.4 Å². The van der Waals surface area contributed by atoms with Gasteiger partial charge in [0, 0.05) is 31.9 Å². The van der Waals surface area contributed by atoms with Crippen LogP contribution in [0.1, 0.15) is 11.1 Å². The zero-order chi connectivity index (χ0) is 21.5. The smallest absolute Gasteiger partial charge is 0.330 e. The molecule has 0 unspecified atom stereocenters. The van der Waals surface area contributed by atoms with E-state index in [1.165, 1.54) is 0 Å². The third-order valence-electron chi connectivity index (χ3n) is 4.34. The minimum Gasteiger partial charge on any atom is -0.454 e. The number of carbonyl (C=O) groups is 2. The Bertz CT molecular complexity index is 996. The van der Waals surface area contributed by atoms with Gasteiger partial charge in [-0.1, -0.05) is 42.0 Å². The normalized spacial score (nSPS) is 10.5. The molecule has 30 heavy (non-hydrogen) atoms. The molecular formula is C21H24N6O3. The molecule has 0 aliphatic rings. The van der Waals surface area contributed by atoms with Crippen LogP contribution in [0, 0.1) is 6.92 Å². The van der Waals surface area contributed by atoms with Crippen LogP contribution in [0.3, 0.4) is 0 Å². The summed E-state index contributed by atoms with van der Waals surface area (Å²) in [7, 11) is 3.92. The van der Waals surface area contributed by atoms with E-state index < -0.39 is 5.97 Å². The van der Waals surface area contributed by atoms with Gasteiger partial charge in [-0.05, 0) is 29.8 Å². The van der Waals surface area contributed by atoms with Crippen LogP contribution < -0.4 is 10.2 Å². The Morgan fingerprint density at radius 3 is 2.43 bits per heavy atom. The predicted molar refractivity (Wildman–Crippen MR) is 112 cm³/mol. The number of carbonyl (C=O) groups excluding carboxylic acids is 2. The Morgan fingerprint density at radius 2 is 1.77 bits per heavy atom. The van der Waals surface area contributed by atoms with Gasteiger partial charge in [-0.25, -0.2) is 4.79 Å². The first-order chi connectivity index (χ1) is 14.4. The maximum Gasteiger partial charge on any atom is 0.330 e. The van der Waals surface area contributed by atoms with Gasteiger partial charge in [-0.15, -0.1) is 10.2 Å². The zero-order valence-electron chi connectivity index (χ0n) is 17.2. The van der Waals surface area contributed by atoms with Crippen LogP contribution >= 0.6 is 0 Å². The van der Waals surface area contributed by atoms with Crippen LogP contribution in [0.2, 0.25) is 0 Å². The van der Waals surface area contributed by atoms with E-state index in [1.54, 1.807) is 0 Å². The molecule has 1 heterocycles. The molecule has 0 spiro atoms. The second kappa shape index (κ2) is 9.64. The lowest BCUT2D eigenvalue weighted by Crippen LogP contribution is -2.29. The van der Waals surface area contributed by atoms with Crippen molar-refractivity contribution in [2.75, 3.05) is 25.6 Å². The van der Waals surface area contributed by atoms with E-state index in [2.05, 4.69) is 20.7 Å². The highest BCUT2D eigenvalue weighted by atomic mass is 16.5. The van der Waals surface area contributed by atoms with Crippen molar-refractivity contribution >= 4 is 17.6 Å². The van der Waals surface area contributed by atoms with Gasteiger partial charge in [0.15, 0.2) is 13.2 Å². The minimum absolute atomic E-state index is 0.224. The molecule has 0 fully saturated rings. The fourth-order valence-corrected chi connectivity index (χ4v) is 2.60. The first kappa shape index (κ1) is 21.0. The van der Waals surface area contributed by atoms with E-state index in [9.17, 15) is 9.59 Å². The standard InChI is InChI=1S/C21H24N6O3/c1-15-4-8-17(9-5-15)21-23-25-27(24-21)13-20(29)30-14-19(28)22-12-16-6-10-18(11-7-16)26(2)3/h4-11H,12-14H2,1-3H3,(H,22,28). The number of aromatic nitrogens is 4. The van der Waals surface area contributed by atoms with Crippen molar-refractivity contribution in [1.82, 2.24) is 25.5 Å². The van der Waals surface area contributed by atoms with Crippen molar-refractivity contribution in [3.63, 3.8) is 0 Å². The summed E-state index contributed by atoms with van der Waals surface area (Å²) < 4.78 is 4.99. The molecule has 3 rings (SSSR count). The molecule has 0 saturated carbocycles. The van der Waals surface area contributed by atoms with Gasteiger partial charge in [-0.3, -0.25) is 4.79 Å². The fourth-order valence-electron chi connectivity index (χ4n) is 2.60. The molecule has 0 aliphatic heterocycles. The van der Waals surface area contributed by atoms with E-state index in [0.29, 0.717) is 12.4 Å². The number of esters is 1. The molecule has 2 aromatic carbocycles. The second-order valence-corrected chi connectivity index (χ2v) is 7.01. The Labute approximate surface area is 174 Å². The van der Waals surface area contributed by atoms with Crippen LogP contribution in [0.25, 0.3) is 11.4 Å². The number of anilines is 1. The highest BCUT2D eigenvalue weighted by Gasteiger charge is 2.12. The average Bonchev–Trinajstić information content (AvgIpc) is 3.20. The number of rotatable bonds is 8. The van der Waals surface area contributed by atoms with Crippen LogP contribution in [-0.2, 0) is 27.4 Å². The molecule has 1 amide bonds. The number of hydrogen-bond acceptors (Lipinski definition) is 7. The molecule has 1 N–H and O–H groups in total. The van der Waals surface area contributed by atoms with Crippen molar-refractivity contribution in [3.05, 3.63) is 59.7 Å². The lowest BCUT2D eigenvalue weighted by atomic mass is 10.1. The fraction of sp³-hybridized carbons (Fsp3) is 0.286. The maximum atomic E-state index is 11.9. The van der Waals surface area contributed by atoms with Gasteiger partial charge in [-0.2, -0.15) is 4.80 Å². The highest BCUT2D eigenvalue weighted by molar-refractivity contribution is 5.80. The maximum absolute atomic E-state index is 11.9. The van der Waals surface area contributed by atoms with E-state index in [1.807, 2.05) is 74.4 Å². The van der Waals surface area contributed by atoms with E-state index in [4.69, 9.17) is 4.74 Å². The van der Waals surface area contributed by atoms with Crippen LogP contribution in [0.5, 0.6) is 0 Å². The first-order valence-electron chi connectivity index (χ1n) is 9.44. The Balaban J connectivity index is 1.42. The largest absolute Gasteiger partial charge is 0.454 e. The van der Waals surface area contributed by atoms with E-state index in [-0.39, 0.29) is 19.1 Å². The summed E-state index contributed by atoms with van der Waals surface area (Å²) in [5, 5.41) is 14.7.